The van der Waals surface area contributed by atoms with Crippen LogP contribution in [0, 0.1) is 0 Å². The molecule has 3 heterocycles. The average Bonchev–Trinajstić information content (AvgIpc) is 2.96. The fourth-order valence-corrected chi connectivity index (χ4v) is 3.75. The number of aromatic amines is 1. The number of H-pyrrole nitrogens is 1. The van der Waals surface area contributed by atoms with Crippen LogP contribution < -0.4 is 0 Å². The van der Waals surface area contributed by atoms with Gasteiger partial charge in [-0.15, -0.1) is 0 Å². The molecule has 4 rings (SSSR count). The van der Waals surface area contributed by atoms with E-state index in [1.165, 1.54) is 38.8 Å². The average molecular weight is 288 g/mol. The standard InChI is InChI=1S/C16H24N4O/c21-16(15-10-14(17-18-15)12-5-6-12)20-9-3-4-13(20)11-19-7-1-2-8-19/h10,12-13H,1-9,11H2,(H,17,18). The van der Waals surface area contributed by atoms with Crippen molar-refractivity contribution in [3.63, 3.8) is 0 Å². The van der Waals surface area contributed by atoms with E-state index in [1.54, 1.807) is 0 Å². The summed E-state index contributed by atoms with van der Waals surface area (Å²) in [5, 5.41) is 7.31. The van der Waals surface area contributed by atoms with E-state index in [0.29, 0.717) is 17.7 Å². The minimum Gasteiger partial charge on any atom is -0.333 e. The first kappa shape index (κ1) is 13.3. The molecule has 21 heavy (non-hydrogen) atoms. The molecule has 5 heteroatoms. The molecular formula is C16H24N4O. The highest BCUT2D eigenvalue weighted by Gasteiger charge is 2.33. The zero-order chi connectivity index (χ0) is 14.2. The molecular weight excluding hydrogens is 264 g/mol. The van der Waals surface area contributed by atoms with Crippen LogP contribution in [0.2, 0.25) is 0 Å². The van der Waals surface area contributed by atoms with E-state index in [1.807, 2.05) is 6.07 Å². The molecule has 3 aliphatic rings. The lowest BCUT2D eigenvalue weighted by Gasteiger charge is -2.28. The molecule has 114 valence electrons. The van der Waals surface area contributed by atoms with E-state index in [4.69, 9.17) is 0 Å². The molecule has 5 nitrogen and oxygen atoms in total. The van der Waals surface area contributed by atoms with Crippen molar-refractivity contribution in [2.24, 2.45) is 0 Å². The lowest BCUT2D eigenvalue weighted by atomic mass is 10.2. The van der Waals surface area contributed by atoms with Crippen molar-refractivity contribution >= 4 is 5.91 Å². The highest BCUT2D eigenvalue weighted by molar-refractivity contribution is 5.92. The van der Waals surface area contributed by atoms with Crippen LogP contribution in [-0.4, -0.2) is 58.1 Å². The Morgan fingerprint density at radius 2 is 2.00 bits per heavy atom. The van der Waals surface area contributed by atoms with Crippen molar-refractivity contribution in [2.75, 3.05) is 26.2 Å². The van der Waals surface area contributed by atoms with E-state index in [9.17, 15) is 4.79 Å². The number of hydrogen-bond acceptors (Lipinski definition) is 3. The van der Waals surface area contributed by atoms with Crippen LogP contribution in [0.25, 0.3) is 0 Å². The van der Waals surface area contributed by atoms with Crippen molar-refractivity contribution in [1.29, 1.82) is 0 Å². The Bertz CT molecular complexity index is 516. The van der Waals surface area contributed by atoms with Crippen molar-refractivity contribution in [1.82, 2.24) is 20.0 Å². The molecule has 1 aliphatic carbocycles. The first-order valence-electron chi connectivity index (χ1n) is 8.40. The number of aromatic nitrogens is 2. The summed E-state index contributed by atoms with van der Waals surface area (Å²) in [7, 11) is 0. The van der Waals surface area contributed by atoms with Gasteiger partial charge >= 0.3 is 0 Å². The molecule has 2 aliphatic heterocycles. The number of carbonyl (C=O) groups excluding carboxylic acids is 1. The zero-order valence-corrected chi connectivity index (χ0v) is 12.6. The molecule has 1 saturated carbocycles. The lowest BCUT2D eigenvalue weighted by Crippen LogP contribution is -2.42. The third kappa shape index (κ3) is 2.71. The maximum atomic E-state index is 12.7. The van der Waals surface area contributed by atoms with Crippen molar-refractivity contribution in [3.8, 4) is 0 Å². The normalized spacial score (nSPS) is 26.7. The fraction of sp³-hybridized carbons (Fsp3) is 0.750. The van der Waals surface area contributed by atoms with Crippen molar-refractivity contribution < 1.29 is 4.79 Å². The first-order valence-corrected chi connectivity index (χ1v) is 8.40. The summed E-state index contributed by atoms with van der Waals surface area (Å²) in [6, 6.07) is 2.36. The number of carbonyl (C=O) groups is 1. The van der Waals surface area contributed by atoms with E-state index in [-0.39, 0.29) is 5.91 Å². The summed E-state index contributed by atoms with van der Waals surface area (Å²) in [5.74, 6) is 0.748. The second kappa shape index (κ2) is 5.44. The topological polar surface area (TPSA) is 52.2 Å². The van der Waals surface area contributed by atoms with Gasteiger partial charge in [0.25, 0.3) is 5.91 Å². The quantitative estimate of drug-likeness (QED) is 0.922. The molecule has 1 aromatic rings. The molecule has 1 amide bonds. The van der Waals surface area contributed by atoms with Gasteiger partial charge in [0.05, 0.1) is 0 Å². The zero-order valence-electron chi connectivity index (χ0n) is 12.6. The summed E-state index contributed by atoms with van der Waals surface area (Å²) in [5.41, 5.74) is 1.76. The molecule has 3 fully saturated rings. The van der Waals surface area contributed by atoms with Crippen molar-refractivity contribution in [2.45, 2.75) is 50.5 Å². The Balaban J connectivity index is 1.43. The minimum atomic E-state index is 0.125. The maximum Gasteiger partial charge on any atom is 0.274 e. The SMILES string of the molecule is O=C(c1cc(C2CC2)[nH]n1)N1CCCC1CN1CCCC1. The number of nitrogens with one attached hydrogen (secondary N) is 1. The predicted molar refractivity (Wildman–Crippen MR) is 80.3 cm³/mol. The fourth-order valence-electron chi connectivity index (χ4n) is 3.75. The van der Waals surface area contributed by atoms with E-state index >= 15 is 0 Å². The highest BCUT2D eigenvalue weighted by Crippen LogP contribution is 2.39. The van der Waals surface area contributed by atoms with Gasteiger partial charge in [0.2, 0.25) is 0 Å². The third-order valence-electron chi connectivity index (χ3n) is 5.14. The van der Waals surface area contributed by atoms with E-state index < -0.39 is 0 Å². The van der Waals surface area contributed by atoms with Gasteiger partial charge in [0, 0.05) is 30.7 Å². The summed E-state index contributed by atoms with van der Waals surface area (Å²) >= 11 is 0. The first-order chi connectivity index (χ1) is 10.3. The molecule has 0 spiro atoms. The second-order valence-corrected chi connectivity index (χ2v) is 6.79. The smallest absolute Gasteiger partial charge is 0.274 e. The van der Waals surface area contributed by atoms with Crippen molar-refractivity contribution in [3.05, 3.63) is 17.5 Å². The van der Waals surface area contributed by atoms with E-state index in [2.05, 4.69) is 20.0 Å². The Morgan fingerprint density at radius 3 is 2.76 bits per heavy atom. The van der Waals surface area contributed by atoms with Gasteiger partial charge in [-0.1, -0.05) is 0 Å². The Labute approximate surface area is 125 Å². The van der Waals surface area contributed by atoms with Crippen LogP contribution in [0.1, 0.15) is 60.6 Å². The summed E-state index contributed by atoms with van der Waals surface area (Å²) in [6.07, 6.45) is 7.36. The van der Waals surface area contributed by atoms with Crippen LogP contribution in [-0.2, 0) is 0 Å². The number of amides is 1. The van der Waals surface area contributed by atoms with Gasteiger partial charge in [0.1, 0.15) is 5.69 Å². The molecule has 0 bridgehead atoms. The Morgan fingerprint density at radius 1 is 1.19 bits per heavy atom. The van der Waals surface area contributed by atoms with Crippen LogP contribution >= 0.6 is 0 Å². The van der Waals surface area contributed by atoms with Gasteiger partial charge in [-0.2, -0.15) is 5.10 Å². The highest BCUT2D eigenvalue weighted by atomic mass is 16.2. The number of likely N-dealkylation sites (tertiary alicyclic amines) is 2. The van der Waals surface area contributed by atoms with Gasteiger partial charge in [-0.05, 0) is 57.7 Å². The largest absolute Gasteiger partial charge is 0.333 e. The van der Waals surface area contributed by atoms with Gasteiger partial charge < -0.3 is 9.80 Å². The van der Waals surface area contributed by atoms with Gasteiger partial charge in [-0.25, -0.2) is 0 Å². The van der Waals surface area contributed by atoms with Gasteiger partial charge in [-0.3, -0.25) is 9.89 Å². The Kier molecular flexibility index (Phi) is 3.45. The Hall–Kier alpha value is -1.36. The molecule has 1 atom stereocenters. The lowest BCUT2D eigenvalue weighted by molar-refractivity contribution is 0.0703. The number of nitrogens with zero attached hydrogens (tertiary/aromatic N) is 3. The maximum absolute atomic E-state index is 12.7. The summed E-state index contributed by atoms with van der Waals surface area (Å²) < 4.78 is 0. The molecule has 1 unspecified atom stereocenters. The molecule has 0 aromatic carbocycles. The second-order valence-electron chi connectivity index (χ2n) is 6.79. The summed E-state index contributed by atoms with van der Waals surface area (Å²) in [6.45, 7) is 4.34. The monoisotopic (exact) mass is 288 g/mol. The molecule has 2 saturated heterocycles. The number of hydrogen-bond donors (Lipinski definition) is 1. The van der Waals surface area contributed by atoms with Crippen LogP contribution in [0.4, 0.5) is 0 Å². The molecule has 1 N–H and O–H groups in total. The van der Waals surface area contributed by atoms with Crippen LogP contribution in [0.3, 0.4) is 0 Å². The third-order valence-corrected chi connectivity index (χ3v) is 5.14. The molecule has 0 radical (unpaired) electrons. The van der Waals surface area contributed by atoms with E-state index in [0.717, 1.165) is 31.6 Å². The minimum absolute atomic E-state index is 0.125. The predicted octanol–water partition coefficient (Wildman–Crippen LogP) is 1.99. The molecule has 1 aromatic heterocycles. The van der Waals surface area contributed by atoms with Crippen LogP contribution in [0.5, 0.6) is 0 Å². The van der Waals surface area contributed by atoms with Crippen LogP contribution in [0.15, 0.2) is 6.07 Å². The number of rotatable bonds is 4. The summed E-state index contributed by atoms with van der Waals surface area (Å²) in [4.78, 5) is 17.3. The van der Waals surface area contributed by atoms with Gasteiger partial charge in [0.15, 0.2) is 0 Å².